The Morgan fingerprint density at radius 2 is 2.17 bits per heavy atom. The molecular weight excluding hydrogens is 243 g/mol. The van der Waals surface area contributed by atoms with Crippen LogP contribution in [0.15, 0.2) is 29.4 Å². The van der Waals surface area contributed by atoms with Gasteiger partial charge >= 0.3 is 11.9 Å². The molecule has 0 bridgehead atoms. The zero-order chi connectivity index (χ0) is 13.5. The topological polar surface area (TPSA) is 91.0 Å². The van der Waals surface area contributed by atoms with E-state index in [4.69, 9.17) is 5.73 Å². The van der Waals surface area contributed by atoms with Crippen LogP contribution in [0.2, 0.25) is 0 Å². The fourth-order valence-electron chi connectivity index (χ4n) is 1.00. The molecule has 18 heavy (non-hydrogen) atoms. The molecule has 0 aromatic heterocycles. The molecule has 0 aliphatic rings. The summed E-state index contributed by atoms with van der Waals surface area (Å²) in [7, 11) is 0. The lowest BCUT2D eigenvalue weighted by molar-refractivity contribution is -0.135. The van der Waals surface area contributed by atoms with E-state index in [2.05, 4.69) is 14.7 Å². The number of nitrogens with two attached hydrogens (primary N) is 1. The number of carbonyl (C=O) groups is 2. The van der Waals surface area contributed by atoms with E-state index in [0.717, 1.165) is 6.07 Å². The molecule has 0 unspecified atom stereocenters. The molecule has 0 aliphatic heterocycles. The van der Waals surface area contributed by atoms with Gasteiger partial charge in [-0.25, -0.2) is 14.0 Å². The maximum atomic E-state index is 12.8. The Hall–Kier alpha value is -2.44. The number of carbonyl (C=O) groups excluding carboxylic acids is 2. The van der Waals surface area contributed by atoms with Gasteiger partial charge in [-0.05, 0) is 30.3 Å². The summed E-state index contributed by atoms with van der Waals surface area (Å²) in [6.45, 7) is 1.71. The summed E-state index contributed by atoms with van der Waals surface area (Å²) in [5.74, 6) is -3.01. The third-order valence-electron chi connectivity index (χ3n) is 1.77. The van der Waals surface area contributed by atoms with Crippen molar-refractivity contribution in [2.75, 3.05) is 6.61 Å². The summed E-state index contributed by atoms with van der Waals surface area (Å²) in [5.41, 5.74) is 5.14. The normalized spacial score (nSPS) is 10.9. The average Bonchev–Trinajstić information content (AvgIpc) is 2.35. The smallest absolute Gasteiger partial charge is 0.377 e. The quantitative estimate of drug-likeness (QED) is 0.283. The van der Waals surface area contributed by atoms with Gasteiger partial charge in [-0.2, -0.15) is 0 Å². The van der Waals surface area contributed by atoms with Crippen LogP contribution in [0.25, 0.3) is 0 Å². The van der Waals surface area contributed by atoms with Gasteiger partial charge in [0.15, 0.2) is 0 Å². The third-order valence-corrected chi connectivity index (χ3v) is 1.77. The Labute approximate surface area is 102 Å². The lowest BCUT2D eigenvalue weighted by Crippen LogP contribution is -2.26. The molecule has 7 heteroatoms. The first-order chi connectivity index (χ1) is 8.54. The summed E-state index contributed by atoms with van der Waals surface area (Å²) < 4.78 is 17.3. The van der Waals surface area contributed by atoms with Crippen molar-refractivity contribution in [2.24, 2.45) is 10.9 Å². The molecule has 0 atom stereocenters. The maximum absolute atomic E-state index is 12.8. The van der Waals surface area contributed by atoms with Crippen LogP contribution in [0.5, 0.6) is 0 Å². The summed E-state index contributed by atoms with van der Waals surface area (Å²) >= 11 is 0. The van der Waals surface area contributed by atoms with Crippen LogP contribution in [-0.4, -0.2) is 24.4 Å². The van der Waals surface area contributed by atoms with E-state index < -0.39 is 23.6 Å². The van der Waals surface area contributed by atoms with Crippen LogP contribution >= 0.6 is 0 Å². The molecule has 96 valence electrons. The number of ether oxygens (including phenoxy) is 1. The lowest BCUT2D eigenvalue weighted by Gasteiger charge is -2.01. The van der Waals surface area contributed by atoms with Crippen LogP contribution in [0, 0.1) is 5.82 Å². The highest BCUT2D eigenvalue weighted by molar-refractivity contribution is 6.34. The Morgan fingerprint density at radius 1 is 1.44 bits per heavy atom. The Bertz CT molecular complexity index is 488. The van der Waals surface area contributed by atoms with E-state index in [1.165, 1.54) is 18.2 Å². The fourth-order valence-corrected chi connectivity index (χ4v) is 1.00. The molecule has 1 aromatic carbocycles. The molecule has 1 rings (SSSR count). The summed E-state index contributed by atoms with van der Waals surface area (Å²) in [4.78, 5) is 26.8. The standard InChI is InChI=1S/C11H11FN2O4/c1-2-17-11(16)9(13)14-18-10(15)7-4-3-5-8(12)6-7/h3-6H,2H2,1H3,(H2,13,14). The van der Waals surface area contributed by atoms with Crippen LogP contribution in [0.3, 0.4) is 0 Å². The predicted octanol–water partition coefficient (Wildman–Crippen LogP) is 0.818. The molecule has 0 heterocycles. The van der Waals surface area contributed by atoms with Crippen LogP contribution in [-0.2, 0) is 14.4 Å². The number of hydrogen-bond donors (Lipinski definition) is 1. The van der Waals surface area contributed by atoms with Gasteiger partial charge in [0.2, 0.25) is 5.84 Å². The maximum Gasteiger partial charge on any atom is 0.377 e. The van der Waals surface area contributed by atoms with Crippen molar-refractivity contribution in [3.63, 3.8) is 0 Å². The van der Waals surface area contributed by atoms with Gasteiger partial charge in [0.25, 0.3) is 0 Å². The summed E-state index contributed by atoms with van der Waals surface area (Å²) in [6, 6.07) is 4.82. The van der Waals surface area contributed by atoms with E-state index in [-0.39, 0.29) is 12.2 Å². The van der Waals surface area contributed by atoms with Crippen molar-refractivity contribution in [3.8, 4) is 0 Å². The van der Waals surface area contributed by atoms with Gasteiger partial charge < -0.3 is 15.3 Å². The Morgan fingerprint density at radius 3 is 2.78 bits per heavy atom. The number of halogens is 1. The molecule has 0 radical (unpaired) electrons. The second-order valence-corrected chi connectivity index (χ2v) is 3.09. The minimum atomic E-state index is -0.929. The van der Waals surface area contributed by atoms with E-state index >= 15 is 0 Å². The average molecular weight is 254 g/mol. The molecule has 6 nitrogen and oxygen atoms in total. The van der Waals surface area contributed by atoms with Gasteiger partial charge in [0.1, 0.15) is 5.82 Å². The molecular formula is C11H11FN2O4. The number of hydrogen-bond acceptors (Lipinski definition) is 5. The highest BCUT2D eigenvalue weighted by Crippen LogP contribution is 2.05. The van der Waals surface area contributed by atoms with Crippen LogP contribution in [0.1, 0.15) is 17.3 Å². The molecule has 0 saturated heterocycles. The molecule has 0 amide bonds. The second kappa shape index (κ2) is 6.33. The molecule has 0 spiro atoms. The Balaban J connectivity index is 2.66. The zero-order valence-electron chi connectivity index (χ0n) is 9.55. The Kier molecular flexibility index (Phi) is 4.79. The van der Waals surface area contributed by atoms with E-state index in [1.807, 2.05) is 0 Å². The largest absolute Gasteiger partial charge is 0.460 e. The number of nitrogens with zero attached hydrogens (tertiary/aromatic N) is 1. The zero-order valence-corrected chi connectivity index (χ0v) is 9.55. The van der Waals surface area contributed by atoms with Crippen LogP contribution in [0.4, 0.5) is 4.39 Å². The fraction of sp³-hybridized carbons (Fsp3) is 0.182. The third kappa shape index (κ3) is 3.85. The van der Waals surface area contributed by atoms with Gasteiger partial charge in [-0.1, -0.05) is 6.07 Å². The molecule has 0 fully saturated rings. The first-order valence-corrected chi connectivity index (χ1v) is 5.02. The first kappa shape index (κ1) is 13.6. The van der Waals surface area contributed by atoms with Crippen molar-refractivity contribution < 1.29 is 23.6 Å². The first-order valence-electron chi connectivity index (χ1n) is 5.02. The van der Waals surface area contributed by atoms with Gasteiger partial charge in [-0.15, -0.1) is 0 Å². The van der Waals surface area contributed by atoms with Gasteiger partial charge in [0.05, 0.1) is 12.2 Å². The highest BCUT2D eigenvalue weighted by Gasteiger charge is 2.12. The van der Waals surface area contributed by atoms with Gasteiger partial charge in [0, 0.05) is 0 Å². The highest BCUT2D eigenvalue weighted by atomic mass is 19.1. The second-order valence-electron chi connectivity index (χ2n) is 3.09. The lowest BCUT2D eigenvalue weighted by atomic mass is 10.2. The molecule has 1 aromatic rings. The predicted molar refractivity (Wildman–Crippen MR) is 60.1 cm³/mol. The summed E-state index contributed by atoms with van der Waals surface area (Å²) in [5, 5.41) is 3.10. The molecule has 0 saturated carbocycles. The van der Waals surface area contributed by atoms with Crippen molar-refractivity contribution >= 4 is 17.8 Å². The minimum absolute atomic E-state index is 0.0459. The number of oxime groups is 1. The minimum Gasteiger partial charge on any atom is -0.460 e. The van der Waals surface area contributed by atoms with E-state index in [9.17, 15) is 14.0 Å². The number of benzene rings is 1. The van der Waals surface area contributed by atoms with Crippen molar-refractivity contribution in [3.05, 3.63) is 35.6 Å². The van der Waals surface area contributed by atoms with Crippen molar-refractivity contribution in [1.82, 2.24) is 0 Å². The number of amidine groups is 1. The van der Waals surface area contributed by atoms with Crippen molar-refractivity contribution in [2.45, 2.75) is 6.92 Å². The summed E-state index contributed by atoms with van der Waals surface area (Å²) in [6.07, 6.45) is 0. The van der Waals surface area contributed by atoms with Gasteiger partial charge in [-0.3, -0.25) is 0 Å². The van der Waals surface area contributed by atoms with Crippen molar-refractivity contribution in [1.29, 1.82) is 0 Å². The monoisotopic (exact) mass is 254 g/mol. The number of rotatable bonds is 3. The van der Waals surface area contributed by atoms with E-state index in [0.29, 0.717) is 0 Å². The molecule has 2 N–H and O–H groups in total. The van der Waals surface area contributed by atoms with Crippen LogP contribution < -0.4 is 5.73 Å². The number of esters is 1. The van der Waals surface area contributed by atoms with E-state index in [1.54, 1.807) is 6.92 Å². The molecule has 0 aliphatic carbocycles. The SMILES string of the molecule is CCOC(=O)/C(N)=N/OC(=O)c1cccc(F)c1.